The lowest BCUT2D eigenvalue weighted by atomic mass is 10.1. The summed E-state index contributed by atoms with van der Waals surface area (Å²) in [5.41, 5.74) is 2.55. The number of benzene rings is 2. The summed E-state index contributed by atoms with van der Waals surface area (Å²) in [6, 6.07) is 11.4. The van der Waals surface area contributed by atoms with E-state index in [9.17, 15) is 8.42 Å². The zero-order valence-corrected chi connectivity index (χ0v) is 13.1. The lowest BCUT2D eigenvalue weighted by molar-refractivity contribution is 0.415. The molecule has 1 heterocycles. The highest BCUT2D eigenvalue weighted by atomic mass is 32.2. The van der Waals surface area contributed by atoms with Crippen LogP contribution in [0.1, 0.15) is 12.5 Å². The molecule has 3 aromatic rings. The van der Waals surface area contributed by atoms with Crippen LogP contribution in [-0.4, -0.2) is 25.8 Å². The third-order valence-electron chi connectivity index (χ3n) is 3.73. The van der Waals surface area contributed by atoms with E-state index in [2.05, 4.69) is 13.0 Å². The SMILES string of the molecule is CCc1ccc2c(c1)c1ccc(OC)cc1n2S(C)(=O)=O. The van der Waals surface area contributed by atoms with Gasteiger partial charge in [0.25, 0.3) is 0 Å². The molecule has 0 spiro atoms. The number of hydrogen-bond donors (Lipinski definition) is 0. The Morgan fingerprint density at radius 2 is 1.81 bits per heavy atom. The molecule has 0 bridgehead atoms. The lowest BCUT2D eigenvalue weighted by Gasteiger charge is -2.05. The van der Waals surface area contributed by atoms with Crippen LogP contribution in [0.5, 0.6) is 5.75 Å². The summed E-state index contributed by atoms with van der Waals surface area (Å²) in [6.45, 7) is 2.08. The number of rotatable bonds is 3. The predicted molar refractivity (Wildman–Crippen MR) is 85.6 cm³/mol. The summed E-state index contributed by atoms with van der Waals surface area (Å²) >= 11 is 0. The molecule has 0 amide bonds. The van der Waals surface area contributed by atoms with E-state index in [1.165, 1.54) is 15.8 Å². The molecule has 0 saturated heterocycles. The molecule has 5 heteroatoms. The molecule has 4 nitrogen and oxygen atoms in total. The van der Waals surface area contributed by atoms with Crippen molar-refractivity contribution in [1.29, 1.82) is 0 Å². The van der Waals surface area contributed by atoms with Crippen LogP contribution in [-0.2, 0) is 16.4 Å². The van der Waals surface area contributed by atoms with Crippen LogP contribution in [0, 0.1) is 0 Å². The largest absolute Gasteiger partial charge is 0.497 e. The Kier molecular flexibility index (Phi) is 3.17. The molecule has 0 saturated carbocycles. The summed E-state index contributed by atoms with van der Waals surface area (Å²) in [5, 5.41) is 1.88. The van der Waals surface area contributed by atoms with Crippen molar-refractivity contribution >= 4 is 31.8 Å². The molecule has 0 N–H and O–H groups in total. The Morgan fingerprint density at radius 1 is 1.05 bits per heavy atom. The number of methoxy groups -OCH3 is 1. The van der Waals surface area contributed by atoms with Gasteiger partial charge in [-0.15, -0.1) is 0 Å². The number of fused-ring (bicyclic) bond motifs is 3. The summed E-state index contributed by atoms with van der Waals surface area (Å²) in [5.74, 6) is 0.644. The molecule has 3 rings (SSSR count). The van der Waals surface area contributed by atoms with Gasteiger partial charge in [0, 0.05) is 16.8 Å². The first-order valence-corrected chi connectivity index (χ1v) is 8.62. The van der Waals surface area contributed by atoms with E-state index in [0.717, 1.165) is 17.2 Å². The first-order chi connectivity index (χ1) is 9.95. The second kappa shape index (κ2) is 4.77. The van der Waals surface area contributed by atoms with Gasteiger partial charge in [0.2, 0.25) is 10.0 Å². The van der Waals surface area contributed by atoms with Crippen LogP contribution >= 0.6 is 0 Å². The van der Waals surface area contributed by atoms with Crippen molar-refractivity contribution in [2.45, 2.75) is 13.3 Å². The molecule has 0 radical (unpaired) electrons. The molecule has 0 aliphatic carbocycles. The van der Waals surface area contributed by atoms with Crippen molar-refractivity contribution in [3.63, 3.8) is 0 Å². The molecule has 0 aliphatic rings. The average Bonchev–Trinajstić information content (AvgIpc) is 2.79. The summed E-state index contributed by atoms with van der Waals surface area (Å²) in [6.07, 6.45) is 2.14. The van der Waals surface area contributed by atoms with Crippen molar-refractivity contribution in [1.82, 2.24) is 3.97 Å². The van der Waals surface area contributed by atoms with Gasteiger partial charge >= 0.3 is 0 Å². The fourth-order valence-corrected chi connectivity index (χ4v) is 3.74. The van der Waals surface area contributed by atoms with Gasteiger partial charge in [0.1, 0.15) is 5.75 Å². The minimum Gasteiger partial charge on any atom is -0.497 e. The van der Waals surface area contributed by atoms with Crippen LogP contribution in [0.25, 0.3) is 21.8 Å². The van der Waals surface area contributed by atoms with Gasteiger partial charge in [-0.1, -0.05) is 13.0 Å². The number of aryl methyl sites for hydroxylation is 1. The fourth-order valence-electron chi connectivity index (χ4n) is 2.72. The predicted octanol–water partition coefficient (Wildman–Crippen LogP) is 3.17. The van der Waals surface area contributed by atoms with Gasteiger partial charge in [-0.05, 0) is 36.2 Å². The average molecular weight is 303 g/mol. The van der Waals surface area contributed by atoms with Crippen LogP contribution in [0.3, 0.4) is 0 Å². The van der Waals surface area contributed by atoms with E-state index in [0.29, 0.717) is 16.8 Å². The van der Waals surface area contributed by atoms with Crippen molar-refractivity contribution < 1.29 is 13.2 Å². The normalized spacial score (nSPS) is 12.1. The molecular weight excluding hydrogens is 286 g/mol. The number of ether oxygens (including phenoxy) is 1. The van der Waals surface area contributed by atoms with E-state index >= 15 is 0 Å². The minimum absolute atomic E-state index is 0.644. The van der Waals surface area contributed by atoms with Crippen LogP contribution < -0.4 is 4.74 Å². The Balaban J connectivity index is 2.54. The topological polar surface area (TPSA) is 48.3 Å². The highest BCUT2D eigenvalue weighted by Gasteiger charge is 2.17. The first-order valence-electron chi connectivity index (χ1n) is 6.77. The standard InChI is InChI=1S/C16H17NO3S/c1-4-11-5-8-15-14(9-11)13-7-6-12(20-2)10-16(13)17(15)21(3,18)19/h5-10H,4H2,1-3H3. The van der Waals surface area contributed by atoms with Crippen LogP contribution in [0.15, 0.2) is 36.4 Å². The Morgan fingerprint density at radius 3 is 2.43 bits per heavy atom. The van der Waals surface area contributed by atoms with Crippen molar-refractivity contribution in [2.75, 3.05) is 13.4 Å². The Labute approximate surface area is 124 Å². The molecule has 0 aliphatic heterocycles. The van der Waals surface area contributed by atoms with Crippen LogP contribution in [0.2, 0.25) is 0 Å². The van der Waals surface area contributed by atoms with Crippen molar-refractivity contribution in [2.24, 2.45) is 0 Å². The maximum atomic E-state index is 12.2. The second-order valence-electron chi connectivity index (χ2n) is 5.12. The first kappa shape index (κ1) is 13.9. The smallest absolute Gasteiger partial charge is 0.236 e. The molecule has 0 atom stereocenters. The maximum absolute atomic E-state index is 12.2. The summed E-state index contributed by atoms with van der Waals surface area (Å²) < 4.78 is 31.0. The molecule has 1 aromatic heterocycles. The fraction of sp³-hybridized carbons (Fsp3) is 0.250. The van der Waals surface area contributed by atoms with E-state index in [4.69, 9.17) is 4.74 Å². The van der Waals surface area contributed by atoms with Gasteiger partial charge in [-0.3, -0.25) is 0 Å². The minimum atomic E-state index is -3.40. The molecule has 0 unspecified atom stereocenters. The molecule has 110 valence electrons. The maximum Gasteiger partial charge on any atom is 0.236 e. The highest BCUT2D eigenvalue weighted by molar-refractivity contribution is 7.89. The van der Waals surface area contributed by atoms with Gasteiger partial charge in [0.05, 0.1) is 24.4 Å². The third kappa shape index (κ3) is 2.17. The van der Waals surface area contributed by atoms with Crippen molar-refractivity contribution in [3.05, 3.63) is 42.0 Å². The van der Waals surface area contributed by atoms with Crippen LogP contribution in [0.4, 0.5) is 0 Å². The highest BCUT2D eigenvalue weighted by Crippen LogP contribution is 2.33. The van der Waals surface area contributed by atoms with E-state index in [1.54, 1.807) is 13.2 Å². The molecule has 21 heavy (non-hydrogen) atoms. The summed E-state index contributed by atoms with van der Waals surface area (Å²) in [7, 11) is -1.82. The number of hydrogen-bond acceptors (Lipinski definition) is 3. The molecule has 0 fully saturated rings. The second-order valence-corrected chi connectivity index (χ2v) is 6.95. The number of aromatic nitrogens is 1. The third-order valence-corrected chi connectivity index (χ3v) is 4.79. The van der Waals surface area contributed by atoms with E-state index < -0.39 is 10.0 Å². The lowest BCUT2D eigenvalue weighted by Crippen LogP contribution is -2.09. The zero-order valence-electron chi connectivity index (χ0n) is 12.3. The Bertz CT molecular complexity index is 939. The van der Waals surface area contributed by atoms with Gasteiger partial charge in [0.15, 0.2) is 0 Å². The monoisotopic (exact) mass is 303 g/mol. The number of nitrogens with zero attached hydrogens (tertiary/aromatic N) is 1. The van der Waals surface area contributed by atoms with Crippen molar-refractivity contribution in [3.8, 4) is 5.75 Å². The zero-order chi connectivity index (χ0) is 15.2. The van der Waals surface area contributed by atoms with E-state index in [-0.39, 0.29) is 0 Å². The molecule has 2 aromatic carbocycles. The van der Waals surface area contributed by atoms with Gasteiger partial charge in [-0.2, -0.15) is 0 Å². The molecular formula is C16H17NO3S. The van der Waals surface area contributed by atoms with Gasteiger partial charge < -0.3 is 4.74 Å². The van der Waals surface area contributed by atoms with Gasteiger partial charge in [-0.25, -0.2) is 12.4 Å². The summed E-state index contributed by atoms with van der Waals surface area (Å²) in [4.78, 5) is 0. The van der Waals surface area contributed by atoms with E-state index in [1.807, 2.05) is 24.3 Å². The Hall–Kier alpha value is -2.01. The quantitative estimate of drug-likeness (QED) is 0.746.